The van der Waals surface area contributed by atoms with E-state index in [0.29, 0.717) is 26.3 Å². The summed E-state index contributed by atoms with van der Waals surface area (Å²) in [7, 11) is 3.45. The fraction of sp³-hybridized carbons (Fsp3) is 0.522. The summed E-state index contributed by atoms with van der Waals surface area (Å²) in [6.45, 7) is 10.7. The Labute approximate surface area is 180 Å². The highest BCUT2D eigenvalue weighted by molar-refractivity contribution is 5.79. The number of hydrogen-bond donors (Lipinski definition) is 2. The Kier molecular flexibility index (Phi) is 10.2. The number of ether oxygens (including phenoxy) is 2. The predicted molar refractivity (Wildman–Crippen MR) is 121 cm³/mol. The Morgan fingerprint density at radius 1 is 1.17 bits per heavy atom. The van der Waals surface area contributed by atoms with Crippen LogP contribution in [-0.4, -0.2) is 57.9 Å². The first-order chi connectivity index (χ1) is 14.6. The van der Waals surface area contributed by atoms with E-state index >= 15 is 0 Å². The number of methoxy groups -OCH3 is 1. The number of guanidine groups is 1. The average Bonchev–Trinajstić information content (AvgIpc) is 3.29. The molecule has 2 aromatic rings. The molecule has 7 heteroatoms. The van der Waals surface area contributed by atoms with Crippen molar-refractivity contribution in [3.8, 4) is 5.75 Å². The first kappa shape index (κ1) is 23.8. The highest BCUT2D eigenvalue weighted by Crippen LogP contribution is 2.21. The molecule has 0 radical (unpaired) electrons. The van der Waals surface area contributed by atoms with Gasteiger partial charge in [-0.1, -0.05) is 26.0 Å². The van der Waals surface area contributed by atoms with Gasteiger partial charge >= 0.3 is 0 Å². The van der Waals surface area contributed by atoms with Crippen molar-refractivity contribution in [2.45, 2.75) is 33.4 Å². The number of hydrogen-bond acceptors (Lipinski definition) is 5. The molecule has 0 aliphatic heterocycles. The van der Waals surface area contributed by atoms with E-state index < -0.39 is 0 Å². The Morgan fingerprint density at radius 3 is 2.60 bits per heavy atom. The predicted octanol–water partition coefficient (Wildman–Crippen LogP) is 3.36. The van der Waals surface area contributed by atoms with Crippen molar-refractivity contribution in [2.24, 2.45) is 4.99 Å². The van der Waals surface area contributed by atoms with Crippen LogP contribution in [-0.2, 0) is 11.3 Å². The number of benzene rings is 1. The standard InChI is InChI=1S/C23H36N4O3/c1-6-27(7-2)20(21-9-8-12-29-21)17-26-23(24-4)25-16-19-11-10-18(3)15-22(19)30-14-13-28-5/h8-12,15,20H,6-7,13-14,16-17H2,1-5H3,(H2,24,25,26). The molecular weight excluding hydrogens is 380 g/mol. The van der Waals surface area contributed by atoms with Gasteiger partial charge < -0.3 is 24.5 Å². The zero-order chi connectivity index (χ0) is 21.8. The van der Waals surface area contributed by atoms with E-state index in [1.165, 1.54) is 0 Å². The molecule has 0 aliphatic carbocycles. The highest BCUT2D eigenvalue weighted by atomic mass is 16.5. The second kappa shape index (κ2) is 12.9. The van der Waals surface area contributed by atoms with Crippen LogP contribution in [0, 0.1) is 6.92 Å². The molecule has 1 atom stereocenters. The molecule has 0 bridgehead atoms. The zero-order valence-corrected chi connectivity index (χ0v) is 18.9. The third-order valence-electron chi connectivity index (χ3n) is 5.03. The first-order valence-corrected chi connectivity index (χ1v) is 10.6. The molecule has 0 saturated heterocycles. The van der Waals surface area contributed by atoms with Crippen molar-refractivity contribution in [1.82, 2.24) is 15.5 Å². The number of nitrogens with one attached hydrogen (secondary N) is 2. The lowest BCUT2D eigenvalue weighted by atomic mass is 10.1. The Balaban J connectivity index is 1.99. The minimum absolute atomic E-state index is 0.140. The SMILES string of the molecule is CCN(CC)C(CNC(=NC)NCc1ccc(C)cc1OCCOC)c1ccco1. The number of rotatable bonds is 12. The van der Waals surface area contributed by atoms with Crippen LogP contribution in [0.3, 0.4) is 0 Å². The van der Waals surface area contributed by atoms with Gasteiger partial charge in [-0.2, -0.15) is 0 Å². The highest BCUT2D eigenvalue weighted by Gasteiger charge is 2.20. The molecule has 166 valence electrons. The number of furan rings is 1. The maximum absolute atomic E-state index is 5.89. The molecule has 2 N–H and O–H groups in total. The Hall–Kier alpha value is -2.51. The van der Waals surface area contributed by atoms with Gasteiger partial charge in [-0.05, 0) is 43.8 Å². The van der Waals surface area contributed by atoms with Crippen LogP contribution >= 0.6 is 0 Å². The second-order valence-corrected chi connectivity index (χ2v) is 7.01. The van der Waals surface area contributed by atoms with Crippen LogP contribution in [0.15, 0.2) is 46.0 Å². The van der Waals surface area contributed by atoms with E-state index in [1.54, 1.807) is 20.4 Å². The van der Waals surface area contributed by atoms with Crippen molar-refractivity contribution in [3.05, 3.63) is 53.5 Å². The van der Waals surface area contributed by atoms with Crippen LogP contribution in [0.5, 0.6) is 5.75 Å². The summed E-state index contributed by atoms with van der Waals surface area (Å²) in [5.41, 5.74) is 2.24. The topological polar surface area (TPSA) is 71.3 Å². The molecule has 1 unspecified atom stereocenters. The van der Waals surface area contributed by atoms with Crippen molar-refractivity contribution in [1.29, 1.82) is 0 Å². The van der Waals surface area contributed by atoms with Crippen molar-refractivity contribution >= 4 is 5.96 Å². The van der Waals surface area contributed by atoms with Crippen LogP contribution in [0.1, 0.15) is 36.8 Å². The van der Waals surface area contributed by atoms with Gasteiger partial charge in [-0.15, -0.1) is 0 Å². The van der Waals surface area contributed by atoms with Gasteiger partial charge in [0.2, 0.25) is 0 Å². The van der Waals surface area contributed by atoms with Gasteiger partial charge in [0.25, 0.3) is 0 Å². The summed E-state index contributed by atoms with van der Waals surface area (Å²) in [6, 6.07) is 10.3. The van der Waals surface area contributed by atoms with Crippen molar-refractivity contribution in [3.63, 3.8) is 0 Å². The molecule has 0 spiro atoms. The van der Waals surface area contributed by atoms with E-state index in [4.69, 9.17) is 13.9 Å². The molecular formula is C23H36N4O3. The number of aryl methyl sites for hydroxylation is 1. The summed E-state index contributed by atoms with van der Waals surface area (Å²) in [6.07, 6.45) is 1.72. The minimum Gasteiger partial charge on any atom is -0.491 e. The van der Waals surface area contributed by atoms with Crippen LogP contribution in [0.2, 0.25) is 0 Å². The molecule has 0 fully saturated rings. The summed E-state index contributed by atoms with van der Waals surface area (Å²) in [5.74, 6) is 2.56. The largest absolute Gasteiger partial charge is 0.491 e. The van der Waals surface area contributed by atoms with Gasteiger partial charge in [0, 0.05) is 32.8 Å². The van der Waals surface area contributed by atoms with E-state index in [-0.39, 0.29) is 6.04 Å². The molecule has 0 aliphatic rings. The number of aliphatic imine (C=N–C) groups is 1. The Bertz CT molecular complexity index is 758. The summed E-state index contributed by atoms with van der Waals surface area (Å²) < 4.78 is 16.7. The maximum atomic E-state index is 5.89. The molecule has 1 aromatic heterocycles. The average molecular weight is 417 g/mol. The van der Waals surface area contributed by atoms with Crippen LogP contribution < -0.4 is 15.4 Å². The van der Waals surface area contributed by atoms with Gasteiger partial charge in [-0.3, -0.25) is 9.89 Å². The minimum atomic E-state index is 0.140. The normalized spacial score (nSPS) is 12.8. The third-order valence-corrected chi connectivity index (χ3v) is 5.03. The summed E-state index contributed by atoms with van der Waals surface area (Å²) in [5, 5.41) is 6.83. The van der Waals surface area contributed by atoms with Gasteiger partial charge in [0.05, 0.1) is 18.9 Å². The lowest BCUT2D eigenvalue weighted by Crippen LogP contribution is -2.43. The van der Waals surface area contributed by atoms with E-state index in [1.807, 2.05) is 12.1 Å². The molecule has 0 amide bonds. The van der Waals surface area contributed by atoms with E-state index in [9.17, 15) is 0 Å². The maximum Gasteiger partial charge on any atom is 0.191 e. The quantitative estimate of drug-likeness (QED) is 0.314. The van der Waals surface area contributed by atoms with Gasteiger partial charge in [-0.25, -0.2) is 0 Å². The molecule has 1 aromatic carbocycles. The molecule has 2 rings (SSSR count). The van der Waals surface area contributed by atoms with Crippen LogP contribution in [0.4, 0.5) is 0 Å². The number of likely N-dealkylation sites (N-methyl/N-ethyl adjacent to an activating group) is 1. The van der Waals surface area contributed by atoms with Crippen molar-refractivity contribution in [2.75, 3.05) is 47.0 Å². The fourth-order valence-electron chi connectivity index (χ4n) is 3.32. The van der Waals surface area contributed by atoms with Crippen molar-refractivity contribution < 1.29 is 13.9 Å². The monoisotopic (exact) mass is 416 g/mol. The van der Waals surface area contributed by atoms with Gasteiger partial charge in [0.1, 0.15) is 18.1 Å². The molecule has 30 heavy (non-hydrogen) atoms. The molecule has 1 heterocycles. The Morgan fingerprint density at radius 2 is 1.97 bits per heavy atom. The molecule has 7 nitrogen and oxygen atoms in total. The smallest absolute Gasteiger partial charge is 0.191 e. The number of nitrogens with zero attached hydrogens (tertiary/aromatic N) is 2. The van der Waals surface area contributed by atoms with E-state index in [0.717, 1.165) is 41.7 Å². The first-order valence-electron chi connectivity index (χ1n) is 10.6. The zero-order valence-electron chi connectivity index (χ0n) is 18.9. The lowest BCUT2D eigenvalue weighted by Gasteiger charge is -2.28. The van der Waals surface area contributed by atoms with Gasteiger partial charge in [0.15, 0.2) is 5.96 Å². The summed E-state index contributed by atoms with van der Waals surface area (Å²) >= 11 is 0. The third kappa shape index (κ3) is 7.07. The second-order valence-electron chi connectivity index (χ2n) is 7.01. The summed E-state index contributed by atoms with van der Waals surface area (Å²) in [4.78, 5) is 6.74. The molecule has 0 saturated carbocycles. The fourth-order valence-corrected chi connectivity index (χ4v) is 3.32. The van der Waals surface area contributed by atoms with Crippen LogP contribution in [0.25, 0.3) is 0 Å². The lowest BCUT2D eigenvalue weighted by molar-refractivity contribution is 0.145. The van der Waals surface area contributed by atoms with E-state index in [2.05, 4.69) is 59.5 Å².